The zero-order valence-corrected chi connectivity index (χ0v) is 10.1. The van der Waals surface area contributed by atoms with Gasteiger partial charge in [0.25, 0.3) is 5.91 Å². The standard InChI is InChI=1S/C13H16ClNO/c1-9-3-2-4-11(7-9)13(16)15-8-12(14)10-5-6-10/h2-4,7,10,12H,5-6,8H2,1H3,(H,15,16). The molecule has 1 fully saturated rings. The lowest BCUT2D eigenvalue weighted by Gasteiger charge is -2.09. The Morgan fingerprint density at radius 2 is 2.31 bits per heavy atom. The van der Waals surface area contributed by atoms with E-state index in [1.807, 2.05) is 31.2 Å². The number of rotatable bonds is 4. The largest absolute Gasteiger partial charge is 0.351 e. The third kappa shape index (κ3) is 2.99. The molecule has 1 saturated carbocycles. The molecule has 0 aliphatic heterocycles. The highest BCUT2D eigenvalue weighted by Gasteiger charge is 2.29. The number of alkyl halides is 1. The lowest BCUT2D eigenvalue weighted by molar-refractivity contribution is 0.0953. The van der Waals surface area contributed by atoms with Crippen LogP contribution in [-0.4, -0.2) is 17.8 Å². The van der Waals surface area contributed by atoms with Crippen LogP contribution < -0.4 is 5.32 Å². The number of hydrogen-bond acceptors (Lipinski definition) is 1. The number of aryl methyl sites for hydroxylation is 1. The second kappa shape index (κ2) is 4.88. The Hall–Kier alpha value is -1.02. The van der Waals surface area contributed by atoms with Gasteiger partial charge in [-0.05, 0) is 37.8 Å². The van der Waals surface area contributed by atoms with Gasteiger partial charge in [0.1, 0.15) is 0 Å². The normalized spacial score (nSPS) is 16.9. The van der Waals surface area contributed by atoms with Gasteiger partial charge in [0.2, 0.25) is 0 Å². The quantitative estimate of drug-likeness (QED) is 0.802. The van der Waals surface area contributed by atoms with Crippen LogP contribution in [0.1, 0.15) is 28.8 Å². The molecule has 3 heteroatoms. The fourth-order valence-electron chi connectivity index (χ4n) is 1.70. The molecular formula is C13H16ClNO. The van der Waals surface area contributed by atoms with Gasteiger partial charge in [-0.1, -0.05) is 17.7 Å². The molecule has 0 radical (unpaired) electrons. The summed E-state index contributed by atoms with van der Waals surface area (Å²) in [5, 5.41) is 2.97. The summed E-state index contributed by atoms with van der Waals surface area (Å²) in [5.41, 5.74) is 1.80. The number of carbonyl (C=O) groups excluding carboxylic acids is 1. The molecule has 1 amide bonds. The van der Waals surface area contributed by atoms with E-state index < -0.39 is 0 Å². The minimum atomic E-state index is -0.0324. The van der Waals surface area contributed by atoms with Crippen molar-refractivity contribution in [1.29, 1.82) is 0 Å². The summed E-state index contributed by atoms with van der Waals surface area (Å²) < 4.78 is 0. The molecule has 0 aromatic heterocycles. The van der Waals surface area contributed by atoms with Crippen molar-refractivity contribution in [3.8, 4) is 0 Å². The number of nitrogens with one attached hydrogen (secondary N) is 1. The summed E-state index contributed by atoms with van der Waals surface area (Å²) in [6.07, 6.45) is 2.41. The van der Waals surface area contributed by atoms with Crippen LogP contribution in [0.5, 0.6) is 0 Å². The second-order valence-electron chi connectivity index (χ2n) is 4.43. The summed E-state index contributed by atoms with van der Waals surface area (Å²) in [6.45, 7) is 2.55. The molecular weight excluding hydrogens is 222 g/mol. The smallest absolute Gasteiger partial charge is 0.251 e. The van der Waals surface area contributed by atoms with Crippen LogP contribution in [0, 0.1) is 12.8 Å². The van der Waals surface area contributed by atoms with Crippen molar-refractivity contribution >= 4 is 17.5 Å². The molecule has 1 aromatic rings. The first-order valence-electron chi connectivity index (χ1n) is 5.66. The van der Waals surface area contributed by atoms with E-state index >= 15 is 0 Å². The molecule has 2 nitrogen and oxygen atoms in total. The Bertz CT molecular complexity index is 387. The van der Waals surface area contributed by atoms with Crippen LogP contribution >= 0.6 is 11.6 Å². The topological polar surface area (TPSA) is 29.1 Å². The van der Waals surface area contributed by atoms with E-state index in [1.54, 1.807) is 0 Å². The molecule has 86 valence electrons. The van der Waals surface area contributed by atoms with Crippen molar-refractivity contribution in [3.05, 3.63) is 35.4 Å². The Morgan fingerprint density at radius 1 is 1.56 bits per heavy atom. The van der Waals surface area contributed by atoms with E-state index in [1.165, 1.54) is 12.8 Å². The molecule has 1 aliphatic carbocycles. The maximum absolute atomic E-state index is 11.8. The molecule has 1 N–H and O–H groups in total. The highest BCUT2D eigenvalue weighted by Crippen LogP contribution is 2.35. The first-order valence-corrected chi connectivity index (χ1v) is 6.09. The minimum absolute atomic E-state index is 0.0324. The molecule has 1 aromatic carbocycles. The predicted molar refractivity (Wildman–Crippen MR) is 65.9 cm³/mol. The molecule has 0 heterocycles. The molecule has 16 heavy (non-hydrogen) atoms. The monoisotopic (exact) mass is 237 g/mol. The van der Waals surface area contributed by atoms with Gasteiger partial charge in [-0.3, -0.25) is 4.79 Å². The van der Waals surface area contributed by atoms with Gasteiger partial charge in [0, 0.05) is 12.1 Å². The maximum Gasteiger partial charge on any atom is 0.251 e. The Balaban J connectivity index is 1.87. The van der Waals surface area contributed by atoms with Gasteiger partial charge < -0.3 is 5.32 Å². The third-order valence-corrected chi connectivity index (χ3v) is 3.38. The zero-order valence-electron chi connectivity index (χ0n) is 9.37. The Labute approximate surface area is 101 Å². The lowest BCUT2D eigenvalue weighted by atomic mass is 10.1. The molecule has 0 saturated heterocycles. The molecule has 0 bridgehead atoms. The third-order valence-electron chi connectivity index (χ3n) is 2.87. The van der Waals surface area contributed by atoms with Crippen molar-refractivity contribution in [3.63, 3.8) is 0 Å². The van der Waals surface area contributed by atoms with Gasteiger partial charge in [0.05, 0.1) is 5.38 Å². The number of hydrogen-bond donors (Lipinski definition) is 1. The SMILES string of the molecule is Cc1cccc(C(=O)NCC(Cl)C2CC2)c1. The fraction of sp³-hybridized carbons (Fsp3) is 0.462. The summed E-state index contributed by atoms with van der Waals surface area (Å²) in [6, 6.07) is 7.58. The van der Waals surface area contributed by atoms with Gasteiger partial charge in [-0.2, -0.15) is 0 Å². The fourth-order valence-corrected chi connectivity index (χ4v) is 2.03. The van der Waals surface area contributed by atoms with Crippen LogP contribution in [0.4, 0.5) is 0 Å². The number of benzene rings is 1. The van der Waals surface area contributed by atoms with Gasteiger partial charge in [-0.15, -0.1) is 11.6 Å². The van der Waals surface area contributed by atoms with Crippen molar-refractivity contribution < 1.29 is 4.79 Å². The van der Waals surface area contributed by atoms with Crippen molar-refractivity contribution in [2.45, 2.75) is 25.1 Å². The highest BCUT2D eigenvalue weighted by molar-refractivity contribution is 6.21. The second-order valence-corrected chi connectivity index (χ2v) is 4.99. The van der Waals surface area contributed by atoms with E-state index in [4.69, 9.17) is 11.6 Å². The molecule has 1 unspecified atom stereocenters. The van der Waals surface area contributed by atoms with E-state index in [9.17, 15) is 4.79 Å². The van der Waals surface area contributed by atoms with E-state index in [0.29, 0.717) is 18.0 Å². The predicted octanol–water partition coefficient (Wildman–Crippen LogP) is 2.74. The van der Waals surface area contributed by atoms with Crippen molar-refractivity contribution in [2.75, 3.05) is 6.54 Å². The summed E-state index contributed by atoms with van der Waals surface area (Å²) in [7, 11) is 0. The van der Waals surface area contributed by atoms with Crippen LogP contribution in [0.25, 0.3) is 0 Å². The van der Waals surface area contributed by atoms with E-state index in [-0.39, 0.29) is 11.3 Å². The molecule has 1 atom stereocenters. The summed E-state index contributed by atoms with van der Waals surface area (Å²) in [5.74, 6) is 0.578. The minimum Gasteiger partial charge on any atom is -0.351 e. The number of halogens is 1. The van der Waals surface area contributed by atoms with Crippen LogP contribution in [0.15, 0.2) is 24.3 Å². The summed E-state index contributed by atoms with van der Waals surface area (Å²) >= 11 is 6.13. The molecule has 1 aliphatic rings. The first-order chi connectivity index (χ1) is 7.66. The highest BCUT2D eigenvalue weighted by atomic mass is 35.5. The lowest BCUT2D eigenvalue weighted by Crippen LogP contribution is -2.30. The van der Waals surface area contributed by atoms with E-state index in [0.717, 1.165) is 5.56 Å². The average Bonchev–Trinajstić information content (AvgIpc) is 3.09. The number of amides is 1. The Kier molecular flexibility index (Phi) is 3.49. The van der Waals surface area contributed by atoms with Crippen molar-refractivity contribution in [1.82, 2.24) is 5.32 Å². The van der Waals surface area contributed by atoms with Crippen molar-refractivity contribution in [2.24, 2.45) is 5.92 Å². The molecule has 2 rings (SSSR count). The van der Waals surface area contributed by atoms with E-state index in [2.05, 4.69) is 5.32 Å². The number of carbonyl (C=O) groups is 1. The Morgan fingerprint density at radius 3 is 2.94 bits per heavy atom. The first kappa shape index (κ1) is 11.5. The van der Waals surface area contributed by atoms with Gasteiger partial charge >= 0.3 is 0 Å². The van der Waals surface area contributed by atoms with Gasteiger partial charge in [0.15, 0.2) is 0 Å². The average molecular weight is 238 g/mol. The maximum atomic E-state index is 11.8. The zero-order chi connectivity index (χ0) is 11.5. The van der Waals surface area contributed by atoms with Gasteiger partial charge in [-0.25, -0.2) is 0 Å². The van der Waals surface area contributed by atoms with Crippen LogP contribution in [0.3, 0.4) is 0 Å². The van der Waals surface area contributed by atoms with Crippen LogP contribution in [-0.2, 0) is 0 Å². The summed E-state index contributed by atoms with van der Waals surface area (Å²) in [4.78, 5) is 11.8. The van der Waals surface area contributed by atoms with Crippen LogP contribution in [0.2, 0.25) is 0 Å². The molecule has 0 spiro atoms.